The topological polar surface area (TPSA) is 92.8 Å². The molecule has 8 aliphatic rings. The summed E-state index contributed by atoms with van der Waals surface area (Å²) in [6.07, 6.45) is 0. The largest absolute Gasteiger partial charge is 0.465 e. The molecule has 0 spiro atoms. The Hall–Kier alpha value is -8.76. The van der Waals surface area contributed by atoms with Crippen molar-refractivity contribution in [3.63, 3.8) is 0 Å². The van der Waals surface area contributed by atoms with Crippen molar-refractivity contribution in [1.29, 1.82) is 0 Å². The van der Waals surface area contributed by atoms with Crippen LogP contribution in [0.1, 0.15) is 90.4 Å². The highest BCUT2D eigenvalue weighted by Crippen LogP contribution is 2.58. The Bertz CT molecular complexity index is 4240. The number of hydrogen-bond donors (Lipinski definition) is 0. The van der Waals surface area contributed by atoms with E-state index in [2.05, 4.69) is 127 Å². The van der Waals surface area contributed by atoms with Gasteiger partial charge in [0, 0.05) is 40.0 Å². The standard InChI is InChI=1S/C58H31BN6O3/c66-57-42-24-38-40(50-32-16-5-1-12-28(32)48(38)29-13-2-6-17-33(29)50)26-44(42)62-55-53-56(61-54(60-55)37-21-11-23-47-52(37)36-20-9-10-22-46(36)68-47)63-45-27-41-39(25-43(45)58(67)65(63)59(53)64(57)62)49-30-14-3-7-18-34(30)51(41)35-19-8-4-15-31(35)49/h1-27,48-51H. The highest BCUT2D eigenvalue weighted by Gasteiger charge is 2.52. The second kappa shape index (κ2) is 11.4. The van der Waals surface area contributed by atoms with Crippen molar-refractivity contribution in [2.75, 3.05) is 0 Å². The fourth-order valence-electron chi connectivity index (χ4n) is 14.1. The van der Waals surface area contributed by atoms with Gasteiger partial charge in [0.05, 0.1) is 27.3 Å². The van der Waals surface area contributed by atoms with Crippen molar-refractivity contribution in [1.82, 2.24) is 28.5 Å². The zero-order chi connectivity index (χ0) is 44.0. The van der Waals surface area contributed by atoms with Crippen LogP contribution in [0.4, 0.5) is 0 Å². The average Bonchev–Trinajstić information content (AvgIpc) is 4.17. The smallest absolute Gasteiger partial charge is 0.456 e. The number of benzene rings is 8. The van der Waals surface area contributed by atoms with Crippen LogP contribution in [0.3, 0.4) is 0 Å². The number of hydrogen-bond acceptors (Lipinski definition) is 5. The van der Waals surface area contributed by atoms with E-state index in [4.69, 9.17) is 14.4 Å². The molecule has 0 saturated heterocycles. The normalized spacial score (nSPS) is 18.7. The van der Waals surface area contributed by atoms with E-state index in [0.29, 0.717) is 28.2 Å². The molecule has 4 aromatic heterocycles. The van der Waals surface area contributed by atoms with E-state index >= 15 is 9.59 Å². The minimum atomic E-state index is -0.814. The number of aromatic nitrogens is 6. The maximum Gasteiger partial charge on any atom is 0.465 e. The lowest BCUT2D eigenvalue weighted by Crippen LogP contribution is -2.48. The Morgan fingerprint density at radius 1 is 0.412 bits per heavy atom. The molecule has 0 radical (unpaired) electrons. The van der Waals surface area contributed by atoms with Crippen molar-refractivity contribution >= 4 is 56.2 Å². The fraction of sp³-hybridized carbons (Fsp3) is 0.0690. The van der Waals surface area contributed by atoms with Gasteiger partial charge >= 0.3 is 6.98 Å². The first-order valence-corrected chi connectivity index (χ1v) is 23.4. The van der Waals surface area contributed by atoms with E-state index in [1.54, 1.807) is 9.19 Å². The van der Waals surface area contributed by atoms with Crippen LogP contribution >= 0.6 is 0 Å². The van der Waals surface area contributed by atoms with E-state index in [0.717, 1.165) is 55.1 Å². The summed E-state index contributed by atoms with van der Waals surface area (Å²) in [5, 5.41) is 3.09. The lowest BCUT2D eigenvalue weighted by atomic mass is 9.61. The second-order valence-electron chi connectivity index (χ2n) is 19.4. The number of nitrogens with zero attached hydrogens (tertiary/aromatic N) is 6. The Balaban J connectivity index is 0.946. The third-order valence-corrected chi connectivity index (χ3v) is 16.6. The molecule has 8 aromatic carbocycles. The zero-order valence-corrected chi connectivity index (χ0v) is 35.9. The molecule has 9 nitrogen and oxygen atoms in total. The van der Waals surface area contributed by atoms with Gasteiger partial charge in [-0.1, -0.05) is 127 Å². The minimum Gasteiger partial charge on any atom is -0.456 e. The second-order valence-corrected chi connectivity index (χ2v) is 19.4. The van der Waals surface area contributed by atoms with Crippen LogP contribution in [0.2, 0.25) is 0 Å². The van der Waals surface area contributed by atoms with E-state index in [1.165, 1.54) is 55.6 Å². The summed E-state index contributed by atoms with van der Waals surface area (Å²) in [6.45, 7) is -0.814. The van der Waals surface area contributed by atoms with Gasteiger partial charge in [0.2, 0.25) is 0 Å². The predicted octanol–water partition coefficient (Wildman–Crippen LogP) is 9.65. The average molecular weight is 871 g/mol. The first-order chi connectivity index (χ1) is 33.6. The molecule has 314 valence electrons. The molecule has 0 unspecified atom stereocenters. The highest BCUT2D eigenvalue weighted by atomic mass is 16.3. The predicted molar refractivity (Wildman–Crippen MR) is 263 cm³/mol. The van der Waals surface area contributed by atoms with E-state index in [-0.39, 0.29) is 34.8 Å². The van der Waals surface area contributed by atoms with Gasteiger partial charge in [-0.05, 0) is 103 Å². The molecular formula is C58H31BN6O3. The first-order valence-electron chi connectivity index (χ1n) is 23.4. The number of furan rings is 1. The SMILES string of the molecule is O=c1c2cc3c(cc2n2n1B1c4c-2nc(-c2cccc5oc6ccccc6c25)nc4-n2c4cc5c(cc4c(=O)n21)C1c2ccccc2C5c2ccccc21)C1c2ccccc2C3c2ccccc21. The van der Waals surface area contributed by atoms with Gasteiger partial charge in [0.15, 0.2) is 17.5 Å². The van der Waals surface area contributed by atoms with Crippen molar-refractivity contribution in [2.24, 2.45) is 0 Å². The van der Waals surface area contributed by atoms with Crippen LogP contribution in [0.15, 0.2) is 178 Å². The quantitative estimate of drug-likeness (QED) is 0.153. The lowest BCUT2D eigenvalue weighted by Gasteiger charge is -2.42. The molecule has 10 heteroatoms. The number of rotatable bonds is 1. The van der Waals surface area contributed by atoms with Gasteiger partial charge in [-0.3, -0.25) is 18.8 Å². The maximum atomic E-state index is 15.6. The number of para-hydroxylation sites is 1. The lowest BCUT2D eigenvalue weighted by molar-refractivity contribution is 0.669. The molecule has 6 heterocycles. The molecule has 0 saturated carbocycles. The fourth-order valence-corrected chi connectivity index (χ4v) is 14.1. The van der Waals surface area contributed by atoms with Crippen LogP contribution in [0, 0.1) is 0 Å². The Morgan fingerprint density at radius 3 is 1.26 bits per heavy atom. The summed E-state index contributed by atoms with van der Waals surface area (Å²) < 4.78 is 13.9. The molecular weight excluding hydrogens is 839 g/mol. The highest BCUT2D eigenvalue weighted by molar-refractivity contribution is 6.74. The third-order valence-electron chi connectivity index (χ3n) is 16.6. The monoisotopic (exact) mass is 870 g/mol. The van der Waals surface area contributed by atoms with Crippen LogP contribution in [0.25, 0.3) is 66.8 Å². The molecule has 0 atom stereocenters. The van der Waals surface area contributed by atoms with Gasteiger partial charge in [-0.2, -0.15) is 0 Å². The first kappa shape index (κ1) is 34.6. The summed E-state index contributed by atoms with van der Waals surface area (Å²) in [5.74, 6) is 1.69. The molecule has 0 fully saturated rings. The molecule has 68 heavy (non-hydrogen) atoms. The van der Waals surface area contributed by atoms with Crippen molar-refractivity contribution in [3.8, 4) is 23.0 Å². The number of fused-ring (bicyclic) bond motifs is 13. The van der Waals surface area contributed by atoms with Gasteiger partial charge in [-0.25, -0.2) is 19.3 Å². The molecule has 6 aliphatic carbocycles. The Morgan fingerprint density at radius 2 is 0.809 bits per heavy atom. The van der Waals surface area contributed by atoms with Crippen molar-refractivity contribution < 1.29 is 4.42 Å². The Kier molecular flexibility index (Phi) is 5.81. The van der Waals surface area contributed by atoms with Gasteiger partial charge in [0.25, 0.3) is 11.1 Å². The summed E-state index contributed by atoms with van der Waals surface area (Å²) in [7, 11) is 0. The van der Waals surface area contributed by atoms with Gasteiger partial charge in [-0.15, -0.1) is 0 Å². The summed E-state index contributed by atoms with van der Waals surface area (Å²) >= 11 is 0. The van der Waals surface area contributed by atoms with Crippen molar-refractivity contribution in [3.05, 3.63) is 251 Å². The van der Waals surface area contributed by atoms with Crippen LogP contribution in [-0.4, -0.2) is 35.5 Å². The van der Waals surface area contributed by atoms with E-state index in [1.807, 2.05) is 45.8 Å². The zero-order valence-electron chi connectivity index (χ0n) is 35.9. The summed E-state index contributed by atoms with van der Waals surface area (Å²) in [5.41, 5.74) is 19.3. The third kappa shape index (κ3) is 3.73. The molecule has 12 aromatic rings. The van der Waals surface area contributed by atoms with E-state index < -0.39 is 6.98 Å². The van der Waals surface area contributed by atoms with Gasteiger partial charge < -0.3 is 4.42 Å². The summed E-state index contributed by atoms with van der Waals surface area (Å²) in [4.78, 5) is 42.1. The molecule has 2 aliphatic heterocycles. The molecule has 4 bridgehead atoms. The molecule has 0 amide bonds. The Labute approximate surface area is 385 Å². The van der Waals surface area contributed by atoms with Crippen LogP contribution < -0.4 is 16.6 Å². The van der Waals surface area contributed by atoms with Crippen LogP contribution in [-0.2, 0) is 0 Å². The maximum absolute atomic E-state index is 15.6. The summed E-state index contributed by atoms with van der Waals surface area (Å²) in [6, 6.07) is 57.8. The van der Waals surface area contributed by atoms with Crippen LogP contribution in [0.5, 0.6) is 0 Å². The van der Waals surface area contributed by atoms with Crippen molar-refractivity contribution in [2.45, 2.75) is 23.7 Å². The minimum absolute atomic E-state index is 0.000682. The van der Waals surface area contributed by atoms with E-state index in [9.17, 15) is 0 Å². The molecule has 20 rings (SSSR count). The van der Waals surface area contributed by atoms with Gasteiger partial charge in [0.1, 0.15) is 11.2 Å². The molecule has 0 N–H and O–H groups in total.